The molecule has 0 aromatic heterocycles. The summed E-state index contributed by atoms with van der Waals surface area (Å²) in [6, 6.07) is 6.64. The molecule has 5 atom stereocenters. The Hall–Kier alpha value is -4.56. The number of rotatable bonds is 3. The van der Waals surface area contributed by atoms with Crippen molar-refractivity contribution < 1.29 is 57.5 Å². The van der Waals surface area contributed by atoms with Gasteiger partial charge in [-0.15, -0.1) is 0 Å². The lowest BCUT2D eigenvalue weighted by Gasteiger charge is -2.51. The van der Waals surface area contributed by atoms with Crippen LogP contribution in [0, 0.1) is 11.8 Å². The second-order valence-electron chi connectivity index (χ2n) is 10.4. The van der Waals surface area contributed by atoms with Crippen molar-refractivity contribution in [2.75, 3.05) is 5.32 Å². The maximum Gasteiger partial charge on any atom is 0.418 e. The van der Waals surface area contributed by atoms with Crippen LogP contribution in [-0.2, 0) is 25.3 Å². The van der Waals surface area contributed by atoms with Gasteiger partial charge in [-0.05, 0) is 35.7 Å². The quantitative estimate of drug-likeness (QED) is 0.275. The molecule has 0 radical (unpaired) electrons. The normalized spacial score (nSPS) is 26.8. The molecule has 1 fully saturated rings. The van der Waals surface area contributed by atoms with Gasteiger partial charge in [-0.25, -0.2) is 4.79 Å². The van der Waals surface area contributed by atoms with Crippen LogP contribution in [0.3, 0.4) is 0 Å². The Balaban J connectivity index is 1.67. The molecule has 0 bridgehead atoms. The lowest BCUT2D eigenvalue weighted by molar-refractivity contribution is -0.160. The molecular weight excluding hydrogens is 601 g/mol. The topological polar surface area (TPSA) is 196 Å². The third-order valence-electron chi connectivity index (χ3n) is 8.10. The number of phenols is 1. The summed E-state index contributed by atoms with van der Waals surface area (Å²) in [5, 5.41) is 46.0. The zero-order valence-electron chi connectivity index (χ0n) is 21.9. The van der Waals surface area contributed by atoms with Gasteiger partial charge in [0.25, 0.3) is 5.91 Å². The number of benzene rings is 2. The van der Waals surface area contributed by atoms with E-state index < -0.39 is 105 Å². The summed E-state index contributed by atoms with van der Waals surface area (Å²) >= 11 is 5.70. The number of hydrogen-bond donors (Lipinski definition) is 6. The van der Waals surface area contributed by atoms with Crippen molar-refractivity contribution in [1.82, 2.24) is 0 Å². The summed E-state index contributed by atoms with van der Waals surface area (Å²) in [6.07, 6.45) is -9.10. The highest BCUT2D eigenvalue weighted by Gasteiger charge is 2.66. The number of phenolic OH excluding ortho intramolecular Hbond substituents is 1. The van der Waals surface area contributed by atoms with Gasteiger partial charge < -0.3 is 30.9 Å². The number of aliphatic hydroxyl groups is 3. The van der Waals surface area contributed by atoms with E-state index in [1.807, 2.05) is 5.32 Å². The van der Waals surface area contributed by atoms with Gasteiger partial charge in [0.2, 0.25) is 5.78 Å². The van der Waals surface area contributed by atoms with Crippen LogP contribution in [0.15, 0.2) is 53.3 Å². The monoisotopic (exact) mass is 622 g/mol. The maximum atomic E-state index is 13.9. The zero-order chi connectivity index (χ0) is 31.8. The third-order valence-corrected chi connectivity index (χ3v) is 8.34. The van der Waals surface area contributed by atoms with E-state index in [1.54, 1.807) is 0 Å². The Labute approximate surface area is 245 Å². The smallest absolute Gasteiger partial charge is 0.418 e. The molecule has 11 nitrogen and oxygen atoms in total. The Morgan fingerprint density at radius 1 is 1.14 bits per heavy atom. The van der Waals surface area contributed by atoms with Gasteiger partial charge >= 0.3 is 12.3 Å². The molecule has 43 heavy (non-hydrogen) atoms. The first-order valence-electron chi connectivity index (χ1n) is 12.6. The minimum absolute atomic E-state index is 0.193. The highest BCUT2D eigenvalue weighted by atomic mass is 35.5. The van der Waals surface area contributed by atoms with Crippen molar-refractivity contribution in [2.45, 2.75) is 37.1 Å². The number of aromatic hydroxyl groups is 1. The van der Waals surface area contributed by atoms with E-state index >= 15 is 0 Å². The lowest BCUT2D eigenvalue weighted by Crippen LogP contribution is -2.64. The number of hydrogen-bond acceptors (Lipinski definition) is 9. The molecule has 0 heterocycles. The first-order chi connectivity index (χ1) is 20.0. The molecule has 7 N–H and O–H groups in total. The number of amides is 2. The van der Waals surface area contributed by atoms with E-state index in [-0.39, 0.29) is 16.1 Å². The number of anilines is 1. The molecule has 1 saturated carbocycles. The number of ether oxygens (including phenoxy) is 1. The Morgan fingerprint density at radius 3 is 2.44 bits per heavy atom. The molecule has 3 aliphatic carbocycles. The van der Waals surface area contributed by atoms with Crippen molar-refractivity contribution in [3.63, 3.8) is 0 Å². The number of halogens is 4. The van der Waals surface area contributed by atoms with E-state index in [9.17, 15) is 52.8 Å². The molecule has 0 spiro atoms. The number of fused-ring (bicyclic) bond motifs is 3. The van der Waals surface area contributed by atoms with Gasteiger partial charge in [0.1, 0.15) is 28.9 Å². The van der Waals surface area contributed by atoms with E-state index in [4.69, 9.17) is 22.1 Å². The number of nitrogens with two attached hydrogens (primary N) is 1. The molecule has 2 aromatic carbocycles. The molecule has 3 aliphatic rings. The largest absolute Gasteiger partial charge is 0.508 e. The second kappa shape index (κ2) is 10.0. The highest BCUT2D eigenvalue weighted by molar-refractivity contribution is 6.30. The molecule has 5 rings (SSSR count). The summed E-state index contributed by atoms with van der Waals surface area (Å²) in [7, 11) is 0. The van der Waals surface area contributed by atoms with E-state index in [2.05, 4.69) is 0 Å². The van der Waals surface area contributed by atoms with Gasteiger partial charge in [-0.1, -0.05) is 30.7 Å². The van der Waals surface area contributed by atoms with Crippen molar-refractivity contribution >= 4 is 46.6 Å². The SMILES string of the molecule is C[C@H]1c2cccc(O)c2C(O)=C2C(=O)[C@]3(O)C(O)=C(C(N)=O)C(=O)C[C@@H]3[C@@H](OC(=O)Nc3ccc(Cl)cc3C(F)(F)F)[C@@H]21. The second-order valence-corrected chi connectivity index (χ2v) is 10.9. The number of carbonyl (C=O) groups is 4. The average molecular weight is 623 g/mol. The van der Waals surface area contributed by atoms with Gasteiger partial charge in [0.05, 0.1) is 16.8 Å². The first kappa shape index (κ1) is 29.9. The van der Waals surface area contributed by atoms with Crippen LogP contribution in [0.25, 0.3) is 5.76 Å². The molecular formula is C28H22ClF3N2O9. The number of ketones is 2. The fourth-order valence-corrected chi connectivity index (χ4v) is 6.38. The standard InChI is InChI=1S/C28H22ClF3N2O9/c1-9-11-3-2-4-15(35)18(11)21(37)20-17(9)22(13-8-16(36)19(25(33)40)23(38)27(13,42)24(20)39)43-26(41)34-14-6-5-10(29)7-12(14)28(30,31)32/h2-7,9,13,17,22,35,37-38,42H,8H2,1H3,(H2,33,40)(H,34,41)/t9-,13+,17+,22+,27+/m0/s1. The van der Waals surface area contributed by atoms with Crippen molar-refractivity contribution in [3.05, 3.63) is 75.0 Å². The number of Topliss-reactive ketones (excluding diaryl/α,β-unsaturated/α-hetero) is 2. The number of aliphatic hydroxyl groups excluding tert-OH is 2. The average Bonchev–Trinajstić information content (AvgIpc) is 2.90. The van der Waals surface area contributed by atoms with E-state index in [1.165, 1.54) is 25.1 Å². The van der Waals surface area contributed by atoms with Crippen LogP contribution in [0.1, 0.15) is 36.0 Å². The van der Waals surface area contributed by atoms with Crippen LogP contribution in [0.2, 0.25) is 5.02 Å². The Bertz CT molecular complexity index is 1690. The molecule has 2 aromatic rings. The predicted octanol–water partition coefficient (Wildman–Crippen LogP) is 3.88. The number of carbonyl (C=O) groups excluding carboxylic acids is 4. The molecule has 2 amide bonds. The van der Waals surface area contributed by atoms with Gasteiger partial charge in [0, 0.05) is 28.9 Å². The molecule has 0 aliphatic heterocycles. The molecule has 0 unspecified atom stereocenters. The Kier molecular flexibility index (Phi) is 6.97. The van der Waals surface area contributed by atoms with Crippen LogP contribution in [0.4, 0.5) is 23.7 Å². The molecule has 15 heteroatoms. The summed E-state index contributed by atoms with van der Waals surface area (Å²) in [6.45, 7) is 1.53. The van der Waals surface area contributed by atoms with E-state index in [0.717, 1.165) is 12.1 Å². The summed E-state index contributed by atoms with van der Waals surface area (Å²) in [4.78, 5) is 51.9. The van der Waals surface area contributed by atoms with E-state index in [0.29, 0.717) is 6.07 Å². The summed E-state index contributed by atoms with van der Waals surface area (Å²) in [5.74, 6) is -10.7. The number of primary amides is 1. The fraction of sp³-hybridized carbons (Fsp3) is 0.286. The van der Waals surface area contributed by atoms with Crippen LogP contribution in [-0.4, -0.2) is 55.7 Å². The van der Waals surface area contributed by atoms with Crippen molar-refractivity contribution in [2.24, 2.45) is 17.6 Å². The molecule has 0 saturated heterocycles. The minimum Gasteiger partial charge on any atom is -0.508 e. The Morgan fingerprint density at radius 2 is 1.81 bits per heavy atom. The highest BCUT2D eigenvalue weighted by Crippen LogP contribution is 2.56. The number of alkyl halides is 3. The third kappa shape index (κ3) is 4.48. The van der Waals surface area contributed by atoms with Crippen LogP contribution < -0.4 is 11.1 Å². The van der Waals surface area contributed by atoms with Crippen LogP contribution in [0.5, 0.6) is 5.75 Å². The number of nitrogens with one attached hydrogen (secondary N) is 1. The van der Waals surface area contributed by atoms with Crippen molar-refractivity contribution in [1.29, 1.82) is 0 Å². The van der Waals surface area contributed by atoms with Crippen molar-refractivity contribution in [3.8, 4) is 5.75 Å². The fourth-order valence-electron chi connectivity index (χ4n) is 6.20. The van der Waals surface area contributed by atoms with Gasteiger partial charge in [-0.2, -0.15) is 13.2 Å². The first-order valence-corrected chi connectivity index (χ1v) is 13.0. The zero-order valence-corrected chi connectivity index (χ0v) is 22.7. The van der Waals surface area contributed by atoms with Crippen LogP contribution >= 0.6 is 11.6 Å². The summed E-state index contributed by atoms with van der Waals surface area (Å²) < 4.78 is 46.5. The lowest BCUT2D eigenvalue weighted by atomic mass is 9.55. The van der Waals surface area contributed by atoms with Gasteiger partial charge in [-0.3, -0.25) is 19.7 Å². The minimum atomic E-state index is -4.95. The van der Waals surface area contributed by atoms with Gasteiger partial charge in [0.15, 0.2) is 11.4 Å². The predicted molar refractivity (Wildman–Crippen MR) is 142 cm³/mol. The summed E-state index contributed by atoms with van der Waals surface area (Å²) in [5.41, 5.74) is -1.63. The molecule has 226 valence electrons. The maximum absolute atomic E-state index is 13.9.